The van der Waals surface area contributed by atoms with Gasteiger partial charge < -0.3 is 10.2 Å². The lowest BCUT2D eigenvalue weighted by molar-refractivity contribution is 0.0991. The minimum atomic E-state index is 0.175. The molecule has 0 radical (unpaired) electrons. The molecule has 0 bridgehead atoms. The van der Waals surface area contributed by atoms with E-state index >= 15 is 0 Å². The van der Waals surface area contributed by atoms with Crippen molar-refractivity contribution < 1.29 is 4.79 Å². The molecule has 0 saturated heterocycles. The predicted molar refractivity (Wildman–Crippen MR) is 85.4 cm³/mol. The van der Waals surface area contributed by atoms with E-state index in [-0.39, 0.29) is 5.78 Å². The molecule has 0 fully saturated rings. The fraction of sp³-hybridized carbons (Fsp3) is 0.588. The third kappa shape index (κ3) is 6.31. The number of nitrogens with one attached hydrogen (secondary N) is 1. The molecule has 0 unspecified atom stereocenters. The topological polar surface area (TPSA) is 32.3 Å². The van der Waals surface area contributed by atoms with Crippen molar-refractivity contribution in [2.75, 3.05) is 32.7 Å². The summed E-state index contributed by atoms with van der Waals surface area (Å²) < 4.78 is 0. The van der Waals surface area contributed by atoms with Crippen LogP contribution in [-0.4, -0.2) is 43.4 Å². The lowest BCUT2D eigenvalue weighted by Crippen LogP contribution is -2.26. The van der Waals surface area contributed by atoms with Gasteiger partial charge in [0.2, 0.25) is 0 Å². The van der Waals surface area contributed by atoms with Gasteiger partial charge in [-0.2, -0.15) is 0 Å². The fourth-order valence-electron chi connectivity index (χ4n) is 2.17. The van der Waals surface area contributed by atoms with Gasteiger partial charge in [-0.3, -0.25) is 4.79 Å². The van der Waals surface area contributed by atoms with Crippen molar-refractivity contribution in [1.82, 2.24) is 10.2 Å². The minimum Gasteiger partial charge on any atom is -0.310 e. The van der Waals surface area contributed by atoms with E-state index in [1.165, 1.54) is 12.0 Å². The van der Waals surface area contributed by atoms with Gasteiger partial charge in [-0.05, 0) is 45.9 Å². The molecular weight excluding hydrogens is 248 g/mol. The van der Waals surface area contributed by atoms with Crippen LogP contribution >= 0.6 is 0 Å². The second kappa shape index (κ2) is 9.67. The molecule has 0 aromatic heterocycles. The Morgan fingerprint density at radius 3 is 2.35 bits per heavy atom. The second-order valence-corrected chi connectivity index (χ2v) is 5.20. The molecule has 0 spiro atoms. The largest absolute Gasteiger partial charge is 0.310 e. The molecular formula is C17H28N2O. The average molecular weight is 276 g/mol. The van der Waals surface area contributed by atoms with Gasteiger partial charge in [-0.15, -0.1) is 0 Å². The fourth-order valence-corrected chi connectivity index (χ4v) is 2.17. The molecule has 0 amide bonds. The van der Waals surface area contributed by atoms with Crippen molar-refractivity contribution in [3.63, 3.8) is 0 Å². The molecule has 3 nitrogen and oxygen atoms in total. The Morgan fingerprint density at radius 1 is 1.10 bits per heavy atom. The normalized spacial score (nSPS) is 11.0. The summed E-state index contributed by atoms with van der Waals surface area (Å²) in [5, 5.41) is 3.24. The third-order valence-electron chi connectivity index (χ3n) is 3.63. The summed E-state index contributed by atoms with van der Waals surface area (Å²) in [7, 11) is 0. The van der Waals surface area contributed by atoms with Crippen LogP contribution in [-0.2, 0) is 0 Å². The van der Waals surface area contributed by atoms with E-state index in [4.69, 9.17) is 0 Å². The summed E-state index contributed by atoms with van der Waals surface area (Å²) in [6.07, 6.45) is 2.31. The number of hydrogen-bond donors (Lipinski definition) is 1. The molecule has 0 heterocycles. The Morgan fingerprint density at radius 2 is 1.75 bits per heavy atom. The number of Topliss-reactive ketones (excluding diaryl/α,β-unsaturated/α-hetero) is 1. The lowest BCUT2D eigenvalue weighted by Gasteiger charge is -2.17. The summed E-state index contributed by atoms with van der Waals surface area (Å²) in [5.41, 5.74) is 1.98. The number of benzene rings is 1. The number of ketones is 1. The zero-order valence-corrected chi connectivity index (χ0v) is 13.1. The number of nitrogens with zero attached hydrogens (tertiary/aromatic N) is 1. The smallest absolute Gasteiger partial charge is 0.176 e. The van der Waals surface area contributed by atoms with E-state index < -0.39 is 0 Å². The lowest BCUT2D eigenvalue weighted by atomic mass is 10.1. The van der Waals surface area contributed by atoms with Crippen LogP contribution in [0, 0.1) is 6.92 Å². The summed E-state index contributed by atoms with van der Waals surface area (Å²) >= 11 is 0. The van der Waals surface area contributed by atoms with Gasteiger partial charge in [0.1, 0.15) is 0 Å². The summed E-state index contributed by atoms with van der Waals surface area (Å²) in [6, 6.07) is 7.77. The van der Waals surface area contributed by atoms with Crippen molar-refractivity contribution in [3.8, 4) is 0 Å². The maximum atomic E-state index is 11.9. The van der Waals surface area contributed by atoms with Crippen LogP contribution in [0.25, 0.3) is 0 Å². The highest BCUT2D eigenvalue weighted by atomic mass is 16.1. The molecule has 0 aliphatic heterocycles. The molecule has 3 heteroatoms. The summed E-state index contributed by atoms with van der Waals surface area (Å²) in [5.74, 6) is 0.175. The van der Waals surface area contributed by atoms with Gasteiger partial charge in [0.05, 0.1) is 6.54 Å². The van der Waals surface area contributed by atoms with Crippen LogP contribution in [0.5, 0.6) is 0 Å². The molecule has 20 heavy (non-hydrogen) atoms. The molecule has 112 valence electrons. The zero-order chi connectivity index (χ0) is 14.8. The zero-order valence-electron chi connectivity index (χ0n) is 13.1. The molecule has 0 saturated carbocycles. The monoisotopic (exact) mass is 276 g/mol. The Balaban J connectivity index is 2.12. The van der Waals surface area contributed by atoms with E-state index in [1.807, 2.05) is 31.2 Å². The summed E-state index contributed by atoms with van der Waals surface area (Å²) in [4.78, 5) is 14.3. The van der Waals surface area contributed by atoms with Gasteiger partial charge in [-0.1, -0.05) is 43.7 Å². The van der Waals surface area contributed by atoms with Crippen LogP contribution in [0.3, 0.4) is 0 Å². The SMILES string of the molecule is CCN(CC)CCCCNCC(=O)c1ccc(C)cc1. The molecule has 1 aromatic rings. The molecule has 0 aliphatic rings. The van der Waals surface area contributed by atoms with Gasteiger partial charge in [0.15, 0.2) is 5.78 Å². The van der Waals surface area contributed by atoms with Crippen molar-refractivity contribution >= 4 is 5.78 Å². The number of aryl methyl sites for hydroxylation is 1. The maximum absolute atomic E-state index is 11.9. The second-order valence-electron chi connectivity index (χ2n) is 5.20. The average Bonchev–Trinajstić information content (AvgIpc) is 2.47. The van der Waals surface area contributed by atoms with E-state index in [9.17, 15) is 4.79 Å². The molecule has 1 aromatic carbocycles. The molecule has 0 atom stereocenters. The Bertz CT molecular complexity index is 382. The Hall–Kier alpha value is -1.19. The number of carbonyl (C=O) groups excluding carboxylic acids is 1. The number of hydrogen-bond acceptors (Lipinski definition) is 3. The highest BCUT2D eigenvalue weighted by Crippen LogP contribution is 2.03. The van der Waals surface area contributed by atoms with Gasteiger partial charge in [0.25, 0.3) is 0 Å². The van der Waals surface area contributed by atoms with Crippen molar-refractivity contribution in [1.29, 1.82) is 0 Å². The minimum absolute atomic E-state index is 0.175. The molecule has 1 rings (SSSR count). The number of rotatable bonds is 10. The van der Waals surface area contributed by atoms with E-state index in [2.05, 4.69) is 24.1 Å². The first kappa shape index (κ1) is 16.9. The molecule has 1 N–H and O–H groups in total. The van der Waals surface area contributed by atoms with E-state index in [0.717, 1.165) is 38.2 Å². The van der Waals surface area contributed by atoms with Crippen LogP contribution in [0.4, 0.5) is 0 Å². The quantitative estimate of drug-likeness (QED) is 0.527. The van der Waals surface area contributed by atoms with Crippen LogP contribution in [0.15, 0.2) is 24.3 Å². The highest BCUT2D eigenvalue weighted by molar-refractivity contribution is 5.97. The standard InChI is InChI=1S/C17H28N2O/c1-4-19(5-2)13-7-6-12-18-14-17(20)16-10-8-15(3)9-11-16/h8-11,18H,4-7,12-14H2,1-3H3. The van der Waals surface area contributed by atoms with Crippen molar-refractivity contribution in [3.05, 3.63) is 35.4 Å². The van der Waals surface area contributed by atoms with Crippen LogP contribution in [0.2, 0.25) is 0 Å². The predicted octanol–water partition coefficient (Wildman–Crippen LogP) is 2.89. The first-order valence-electron chi connectivity index (χ1n) is 7.70. The van der Waals surface area contributed by atoms with Gasteiger partial charge in [0, 0.05) is 5.56 Å². The molecule has 0 aliphatic carbocycles. The maximum Gasteiger partial charge on any atom is 0.176 e. The van der Waals surface area contributed by atoms with Crippen molar-refractivity contribution in [2.45, 2.75) is 33.6 Å². The first-order chi connectivity index (χ1) is 9.67. The number of unbranched alkanes of at least 4 members (excludes halogenated alkanes) is 1. The van der Waals surface area contributed by atoms with Gasteiger partial charge >= 0.3 is 0 Å². The highest BCUT2D eigenvalue weighted by Gasteiger charge is 2.04. The summed E-state index contributed by atoms with van der Waals surface area (Å²) in [6.45, 7) is 11.2. The Labute approximate surface area is 123 Å². The number of carbonyl (C=O) groups is 1. The first-order valence-corrected chi connectivity index (χ1v) is 7.70. The van der Waals surface area contributed by atoms with E-state index in [1.54, 1.807) is 0 Å². The van der Waals surface area contributed by atoms with Crippen LogP contribution < -0.4 is 5.32 Å². The van der Waals surface area contributed by atoms with E-state index in [0.29, 0.717) is 6.54 Å². The van der Waals surface area contributed by atoms with Gasteiger partial charge in [-0.25, -0.2) is 0 Å². The van der Waals surface area contributed by atoms with Crippen LogP contribution in [0.1, 0.15) is 42.6 Å². The third-order valence-corrected chi connectivity index (χ3v) is 3.63. The van der Waals surface area contributed by atoms with Crippen molar-refractivity contribution in [2.24, 2.45) is 0 Å². The Kier molecular flexibility index (Phi) is 8.16.